The molecular formula is C26H34N4O2. The van der Waals surface area contributed by atoms with E-state index in [1.165, 1.54) is 19.3 Å². The van der Waals surface area contributed by atoms with Crippen LogP contribution in [0, 0.1) is 13.8 Å². The van der Waals surface area contributed by atoms with Gasteiger partial charge in [-0.15, -0.1) is 0 Å². The molecule has 2 aromatic carbocycles. The molecule has 6 nitrogen and oxygen atoms in total. The first kappa shape index (κ1) is 22.2. The van der Waals surface area contributed by atoms with Gasteiger partial charge in [-0.3, -0.25) is 4.79 Å². The molecule has 1 aliphatic carbocycles. The molecule has 1 aliphatic heterocycles. The molecule has 1 saturated carbocycles. The molecule has 1 saturated heterocycles. The second-order valence-electron chi connectivity index (χ2n) is 9.13. The van der Waals surface area contributed by atoms with Crippen molar-refractivity contribution in [3.05, 3.63) is 53.1 Å². The van der Waals surface area contributed by atoms with E-state index in [2.05, 4.69) is 20.9 Å². The molecule has 2 aromatic rings. The molecule has 0 atom stereocenters. The molecule has 0 bridgehead atoms. The number of hydrogen-bond acceptors (Lipinski definition) is 3. The van der Waals surface area contributed by atoms with Crippen molar-refractivity contribution in [2.75, 3.05) is 28.6 Å². The maximum atomic E-state index is 13.2. The summed E-state index contributed by atoms with van der Waals surface area (Å²) in [6.07, 6.45) is 7.96. The number of aryl methyl sites for hydroxylation is 2. The zero-order chi connectivity index (χ0) is 22.5. The van der Waals surface area contributed by atoms with Crippen LogP contribution >= 0.6 is 0 Å². The lowest BCUT2D eigenvalue weighted by Crippen LogP contribution is -2.37. The molecule has 6 heteroatoms. The topological polar surface area (TPSA) is 73.5 Å². The molecule has 1 heterocycles. The minimum atomic E-state index is -0.315. The second kappa shape index (κ2) is 10.1. The molecule has 4 rings (SSSR count). The van der Waals surface area contributed by atoms with Gasteiger partial charge in [0.2, 0.25) is 0 Å². The van der Waals surface area contributed by atoms with Gasteiger partial charge in [0.25, 0.3) is 5.91 Å². The normalized spacial score (nSPS) is 16.6. The number of urea groups is 1. The molecule has 0 radical (unpaired) electrons. The van der Waals surface area contributed by atoms with Crippen LogP contribution in [0.2, 0.25) is 0 Å². The summed E-state index contributed by atoms with van der Waals surface area (Å²) in [6.45, 7) is 5.92. The van der Waals surface area contributed by atoms with Gasteiger partial charge in [-0.2, -0.15) is 0 Å². The summed E-state index contributed by atoms with van der Waals surface area (Å²) in [5, 5.41) is 9.05. The van der Waals surface area contributed by atoms with Gasteiger partial charge in [-0.1, -0.05) is 37.0 Å². The van der Waals surface area contributed by atoms with E-state index in [4.69, 9.17) is 0 Å². The van der Waals surface area contributed by atoms with Crippen molar-refractivity contribution in [3.63, 3.8) is 0 Å². The number of carbonyl (C=O) groups excluding carboxylic acids is 2. The summed E-state index contributed by atoms with van der Waals surface area (Å²) in [5.41, 5.74) is 5.15. The molecule has 2 fully saturated rings. The van der Waals surface area contributed by atoms with Crippen LogP contribution in [0.1, 0.15) is 66.4 Å². The maximum Gasteiger partial charge on any atom is 0.323 e. The number of carbonyl (C=O) groups is 2. The van der Waals surface area contributed by atoms with Gasteiger partial charge in [-0.25, -0.2) is 4.79 Å². The zero-order valence-electron chi connectivity index (χ0n) is 19.2. The highest BCUT2D eigenvalue weighted by Crippen LogP contribution is 2.28. The monoisotopic (exact) mass is 434 g/mol. The standard InChI is InChI=1S/C26H34N4O2/c1-18-10-12-23(19(2)16-18)29-26(32)28-21-11-13-24(30-14-6-7-15-30)22(17-21)25(31)27-20-8-4-3-5-9-20/h10-13,16-17,20H,3-9,14-15H2,1-2H3,(H,27,31)(H2,28,29,32). The fourth-order valence-corrected chi connectivity index (χ4v) is 4.78. The molecule has 32 heavy (non-hydrogen) atoms. The van der Waals surface area contributed by atoms with Gasteiger partial charge in [0, 0.05) is 36.2 Å². The van der Waals surface area contributed by atoms with Gasteiger partial charge in [0.15, 0.2) is 0 Å². The molecule has 170 valence electrons. The first-order chi connectivity index (χ1) is 15.5. The van der Waals surface area contributed by atoms with Crippen LogP contribution in [0.3, 0.4) is 0 Å². The Kier molecular flexibility index (Phi) is 6.98. The molecule has 3 amide bonds. The van der Waals surface area contributed by atoms with Crippen LogP contribution in [0.25, 0.3) is 0 Å². The number of nitrogens with one attached hydrogen (secondary N) is 3. The number of anilines is 3. The van der Waals surface area contributed by atoms with Crippen LogP contribution in [0.5, 0.6) is 0 Å². The maximum absolute atomic E-state index is 13.2. The minimum absolute atomic E-state index is 0.0442. The Morgan fingerprint density at radius 3 is 2.34 bits per heavy atom. The fourth-order valence-electron chi connectivity index (χ4n) is 4.78. The Balaban J connectivity index is 1.51. The summed E-state index contributed by atoms with van der Waals surface area (Å²) in [7, 11) is 0. The summed E-state index contributed by atoms with van der Waals surface area (Å²) in [6, 6.07) is 11.5. The van der Waals surface area contributed by atoms with E-state index in [1.54, 1.807) is 0 Å². The number of nitrogens with zero attached hydrogens (tertiary/aromatic N) is 1. The van der Waals surface area contributed by atoms with Gasteiger partial charge in [0.05, 0.1) is 5.56 Å². The van der Waals surface area contributed by atoms with Crippen molar-refractivity contribution in [3.8, 4) is 0 Å². The van der Waals surface area contributed by atoms with Gasteiger partial charge < -0.3 is 20.9 Å². The minimum Gasteiger partial charge on any atom is -0.371 e. The highest BCUT2D eigenvalue weighted by atomic mass is 16.2. The molecular weight excluding hydrogens is 400 g/mol. The van der Waals surface area contributed by atoms with E-state index in [9.17, 15) is 9.59 Å². The molecule has 3 N–H and O–H groups in total. The summed E-state index contributed by atoms with van der Waals surface area (Å²) in [4.78, 5) is 28.1. The first-order valence-corrected chi connectivity index (χ1v) is 11.8. The van der Waals surface area contributed by atoms with Gasteiger partial charge >= 0.3 is 6.03 Å². The van der Waals surface area contributed by atoms with E-state index in [0.29, 0.717) is 11.3 Å². The van der Waals surface area contributed by atoms with E-state index >= 15 is 0 Å². The van der Waals surface area contributed by atoms with E-state index in [-0.39, 0.29) is 18.0 Å². The van der Waals surface area contributed by atoms with Crippen molar-refractivity contribution in [2.45, 2.75) is 64.8 Å². The molecule has 0 aromatic heterocycles. The Hall–Kier alpha value is -3.02. The Bertz CT molecular complexity index is 976. The Labute approximate surface area is 190 Å². The van der Waals surface area contributed by atoms with E-state index in [1.807, 2.05) is 50.2 Å². The average molecular weight is 435 g/mol. The first-order valence-electron chi connectivity index (χ1n) is 11.8. The fraction of sp³-hybridized carbons (Fsp3) is 0.462. The second-order valence-corrected chi connectivity index (χ2v) is 9.13. The van der Waals surface area contributed by atoms with Crippen molar-refractivity contribution < 1.29 is 9.59 Å². The summed E-state index contributed by atoms with van der Waals surface area (Å²) in [5.74, 6) is -0.0442. The third-order valence-corrected chi connectivity index (χ3v) is 6.52. The highest BCUT2D eigenvalue weighted by molar-refractivity contribution is 6.04. The highest BCUT2D eigenvalue weighted by Gasteiger charge is 2.23. The lowest BCUT2D eigenvalue weighted by Gasteiger charge is -2.26. The van der Waals surface area contributed by atoms with Crippen molar-refractivity contribution in [2.24, 2.45) is 0 Å². The zero-order valence-corrected chi connectivity index (χ0v) is 19.2. The van der Waals surface area contributed by atoms with Gasteiger partial charge in [-0.05, 0) is 69.4 Å². The number of hydrogen-bond donors (Lipinski definition) is 3. The van der Waals surface area contributed by atoms with Crippen molar-refractivity contribution in [1.29, 1.82) is 0 Å². The number of amides is 3. The van der Waals surface area contributed by atoms with Crippen LogP contribution in [-0.4, -0.2) is 31.1 Å². The summed E-state index contributed by atoms with van der Waals surface area (Å²) < 4.78 is 0. The number of rotatable bonds is 5. The summed E-state index contributed by atoms with van der Waals surface area (Å²) >= 11 is 0. The van der Waals surface area contributed by atoms with Crippen molar-refractivity contribution in [1.82, 2.24) is 5.32 Å². The lowest BCUT2D eigenvalue weighted by molar-refractivity contribution is 0.0928. The SMILES string of the molecule is Cc1ccc(NC(=O)Nc2ccc(N3CCCC3)c(C(=O)NC3CCCCC3)c2)c(C)c1. The quantitative estimate of drug-likeness (QED) is 0.573. The van der Waals surface area contributed by atoms with E-state index < -0.39 is 0 Å². The molecule has 0 unspecified atom stereocenters. The Morgan fingerprint density at radius 1 is 0.875 bits per heavy atom. The van der Waals surface area contributed by atoms with Crippen LogP contribution in [0.15, 0.2) is 36.4 Å². The third kappa shape index (κ3) is 5.42. The van der Waals surface area contributed by atoms with Gasteiger partial charge in [0.1, 0.15) is 0 Å². The Morgan fingerprint density at radius 2 is 1.62 bits per heavy atom. The third-order valence-electron chi connectivity index (χ3n) is 6.52. The predicted molar refractivity (Wildman–Crippen MR) is 131 cm³/mol. The molecule has 0 spiro atoms. The lowest BCUT2D eigenvalue weighted by atomic mass is 9.95. The van der Waals surface area contributed by atoms with E-state index in [0.717, 1.165) is 61.3 Å². The van der Waals surface area contributed by atoms with Crippen LogP contribution in [-0.2, 0) is 0 Å². The largest absolute Gasteiger partial charge is 0.371 e. The average Bonchev–Trinajstić information content (AvgIpc) is 3.31. The molecule has 2 aliphatic rings. The number of benzene rings is 2. The van der Waals surface area contributed by atoms with Crippen LogP contribution < -0.4 is 20.9 Å². The van der Waals surface area contributed by atoms with Crippen molar-refractivity contribution >= 4 is 29.0 Å². The predicted octanol–water partition coefficient (Wildman–Crippen LogP) is 5.61. The smallest absolute Gasteiger partial charge is 0.323 e. The van der Waals surface area contributed by atoms with Crippen LogP contribution in [0.4, 0.5) is 21.9 Å².